The van der Waals surface area contributed by atoms with Crippen LogP contribution in [0.1, 0.15) is 11.6 Å². The van der Waals surface area contributed by atoms with Crippen LogP contribution in [0, 0.1) is 17.7 Å². The van der Waals surface area contributed by atoms with Crippen LogP contribution in [0.25, 0.3) is 0 Å². The summed E-state index contributed by atoms with van der Waals surface area (Å²) in [5, 5.41) is 11.6. The van der Waals surface area contributed by atoms with Crippen molar-refractivity contribution in [3.8, 4) is 0 Å². The van der Waals surface area contributed by atoms with Gasteiger partial charge >= 0.3 is 5.97 Å². The van der Waals surface area contributed by atoms with Gasteiger partial charge in [0.05, 0.1) is 12.8 Å². The summed E-state index contributed by atoms with van der Waals surface area (Å²) in [4.78, 5) is 40.4. The predicted octanol–water partition coefficient (Wildman–Crippen LogP) is 0.154. The number of benzene rings is 2. The summed E-state index contributed by atoms with van der Waals surface area (Å²) >= 11 is 0. The Morgan fingerprint density at radius 2 is 1.90 bits per heavy atom. The minimum atomic E-state index is -1.69. The first-order chi connectivity index (χ1) is 13.9. The number of amides is 2. The Morgan fingerprint density at radius 3 is 2.52 bits per heavy atom. The molecule has 29 heavy (non-hydrogen) atoms. The van der Waals surface area contributed by atoms with E-state index < -0.39 is 53.6 Å². The number of aliphatic hydroxyl groups excluding tert-OH is 1. The van der Waals surface area contributed by atoms with Gasteiger partial charge in [0.2, 0.25) is 17.4 Å². The molecule has 0 spiro atoms. The van der Waals surface area contributed by atoms with Gasteiger partial charge < -0.3 is 15.2 Å². The van der Waals surface area contributed by atoms with Crippen LogP contribution in [-0.4, -0.2) is 42.1 Å². The van der Waals surface area contributed by atoms with Gasteiger partial charge in [-0.3, -0.25) is 9.59 Å². The molecule has 7 nitrogen and oxygen atoms in total. The molecule has 0 saturated carbocycles. The van der Waals surface area contributed by atoms with Crippen LogP contribution in [0.4, 0.5) is 10.1 Å². The molecule has 4 rings (SSSR count). The van der Waals surface area contributed by atoms with Crippen LogP contribution in [-0.2, 0) is 19.1 Å². The van der Waals surface area contributed by atoms with Gasteiger partial charge in [-0.05, 0) is 24.3 Å². The fourth-order valence-electron chi connectivity index (χ4n) is 4.57. The number of methoxy groups -OCH3 is 1. The number of aliphatic hydroxyl groups is 1. The number of halogens is 1. The molecule has 2 amide bonds. The third kappa shape index (κ3) is 2.75. The smallest absolute Gasteiger partial charge is 0.371 e. The van der Waals surface area contributed by atoms with Crippen molar-refractivity contribution in [3.05, 3.63) is 66.0 Å². The van der Waals surface area contributed by atoms with Crippen molar-refractivity contribution in [1.29, 1.82) is 0 Å². The number of anilines is 1. The molecule has 2 aromatic rings. The van der Waals surface area contributed by atoms with Crippen LogP contribution < -0.4 is 10.2 Å². The van der Waals surface area contributed by atoms with E-state index in [1.807, 2.05) is 0 Å². The Morgan fingerprint density at radius 1 is 1.17 bits per heavy atom. The molecule has 0 radical (unpaired) electrons. The maximum Gasteiger partial charge on any atom is 0.371 e. The number of hydrogen-bond acceptors (Lipinski definition) is 5. The SMILES string of the molecule is COC(=O)[C@@]1(CO)[NH2+][C@@H](c2cccc(F)c2)[C@H]2C(=O)N(c3ccccc3)C(=O)[C@H]21. The molecule has 4 atom stereocenters. The van der Waals surface area contributed by atoms with Crippen molar-refractivity contribution in [2.75, 3.05) is 18.6 Å². The van der Waals surface area contributed by atoms with Gasteiger partial charge in [-0.25, -0.2) is 14.1 Å². The molecule has 2 aromatic carbocycles. The number of para-hydroxylation sites is 1. The van der Waals surface area contributed by atoms with E-state index in [1.165, 1.54) is 23.5 Å². The Hall–Kier alpha value is -3.10. The zero-order valence-corrected chi connectivity index (χ0v) is 15.6. The Kier molecular flexibility index (Phi) is 4.68. The van der Waals surface area contributed by atoms with Gasteiger partial charge in [0.15, 0.2) is 0 Å². The quantitative estimate of drug-likeness (QED) is 0.563. The first-order valence-corrected chi connectivity index (χ1v) is 9.18. The molecule has 2 heterocycles. The van der Waals surface area contributed by atoms with Crippen molar-refractivity contribution >= 4 is 23.5 Å². The van der Waals surface area contributed by atoms with E-state index >= 15 is 0 Å². The molecular formula is C21H20FN2O5+. The lowest BCUT2D eigenvalue weighted by molar-refractivity contribution is -0.735. The van der Waals surface area contributed by atoms with Gasteiger partial charge in [0.1, 0.15) is 30.3 Å². The van der Waals surface area contributed by atoms with E-state index in [1.54, 1.807) is 36.4 Å². The van der Waals surface area contributed by atoms with Crippen molar-refractivity contribution in [2.24, 2.45) is 11.8 Å². The highest BCUT2D eigenvalue weighted by atomic mass is 19.1. The highest BCUT2D eigenvalue weighted by Crippen LogP contribution is 2.45. The summed E-state index contributed by atoms with van der Waals surface area (Å²) in [6.45, 7) is -0.700. The van der Waals surface area contributed by atoms with E-state index in [0.29, 0.717) is 11.3 Å². The molecule has 0 unspecified atom stereocenters. The third-order valence-electron chi connectivity index (χ3n) is 5.84. The van der Waals surface area contributed by atoms with Crippen molar-refractivity contribution in [2.45, 2.75) is 11.6 Å². The number of nitrogens with two attached hydrogens (primary N) is 1. The molecule has 2 saturated heterocycles. The van der Waals surface area contributed by atoms with Gasteiger partial charge in [-0.1, -0.05) is 30.3 Å². The lowest BCUT2D eigenvalue weighted by atomic mass is 9.79. The highest BCUT2D eigenvalue weighted by Gasteiger charge is 2.72. The highest BCUT2D eigenvalue weighted by molar-refractivity contribution is 6.23. The Balaban J connectivity index is 1.87. The standard InChI is InChI=1S/C21H19FN2O5/c1-29-20(28)21(11-25)16-15(17(23-21)12-6-5-7-13(22)10-12)18(26)24(19(16)27)14-8-3-2-4-9-14/h2-10,15-17,23,25H,11H2,1H3/p+1/t15-,16-,17-,21-/m0/s1. The van der Waals surface area contributed by atoms with E-state index in [9.17, 15) is 23.9 Å². The predicted molar refractivity (Wildman–Crippen MR) is 98.8 cm³/mol. The van der Waals surface area contributed by atoms with E-state index in [-0.39, 0.29) is 0 Å². The maximum absolute atomic E-state index is 13.9. The summed E-state index contributed by atoms with van der Waals surface area (Å²) < 4.78 is 18.7. The molecule has 150 valence electrons. The minimum absolute atomic E-state index is 0.381. The normalized spacial score (nSPS) is 28.5. The number of carbonyl (C=O) groups excluding carboxylic acids is 3. The second-order valence-corrected chi connectivity index (χ2v) is 7.29. The van der Waals surface area contributed by atoms with E-state index in [0.717, 1.165) is 12.0 Å². The van der Waals surface area contributed by atoms with Crippen LogP contribution >= 0.6 is 0 Å². The minimum Gasteiger partial charge on any atom is -0.464 e. The summed E-state index contributed by atoms with van der Waals surface area (Å²) in [6, 6.07) is 13.3. The number of quaternary nitrogens is 1. The summed E-state index contributed by atoms with van der Waals surface area (Å²) in [5.41, 5.74) is -0.853. The molecule has 2 aliphatic heterocycles. The van der Waals surface area contributed by atoms with Crippen LogP contribution in [0.2, 0.25) is 0 Å². The van der Waals surface area contributed by atoms with Crippen LogP contribution in [0.15, 0.2) is 54.6 Å². The first kappa shape index (κ1) is 19.2. The number of hydrogen-bond donors (Lipinski definition) is 2. The molecule has 0 aromatic heterocycles. The zero-order chi connectivity index (χ0) is 20.8. The molecular weight excluding hydrogens is 379 g/mol. The first-order valence-electron chi connectivity index (χ1n) is 9.18. The summed E-state index contributed by atoms with van der Waals surface area (Å²) in [6.07, 6.45) is 0. The maximum atomic E-state index is 13.9. The van der Waals surface area contributed by atoms with Crippen molar-refractivity contribution in [3.63, 3.8) is 0 Å². The molecule has 3 N–H and O–H groups in total. The summed E-state index contributed by atoms with van der Waals surface area (Å²) in [5.74, 6) is -4.46. The lowest BCUT2D eigenvalue weighted by Gasteiger charge is -2.27. The summed E-state index contributed by atoms with van der Waals surface area (Å²) in [7, 11) is 1.16. The number of esters is 1. The van der Waals surface area contributed by atoms with Crippen molar-refractivity contribution in [1.82, 2.24) is 0 Å². The average molecular weight is 399 g/mol. The van der Waals surface area contributed by atoms with Gasteiger partial charge in [0.25, 0.3) is 0 Å². The molecule has 8 heteroatoms. The molecule has 2 aliphatic rings. The second-order valence-electron chi connectivity index (χ2n) is 7.29. The zero-order valence-electron chi connectivity index (χ0n) is 15.6. The van der Waals surface area contributed by atoms with Crippen LogP contribution in [0.3, 0.4) is 0 Å². The number of ether oxygens (including phenoxy) is 1. The number of rotatable bonds is 4. The van der Waals surface area contributed by atoms with Gasteiger partial charge in [-0.2, -0.15) is 0 Å². The van der Waals surface area contributed by atoms with E-state index in [2.05, 4.69) is 0 Å². The largest absolute Gasteiger partial charge is 0.464 e. The average Bonchev–Trinajstić information content (AvgIpc) is 3.22. The number of carbonyl (C=O) groups is 3. The van der Waals surface area contributed by atoms with Gasteiger partial charge in [-0.15, -0.1) is 0 Å². The fourth-order valence-corrected chi connectivity index (χ4v) is 4.57. The Bertz CT molecular complexity index is 982. The number of nitrogens with zero attached hydrogens (tertiary/aromatic N) is 1. The topological polar surface area (TPSA) is 101 Å². The van der Waals surface area contributed by atoms with Crippen molar-refractivity contribution < 1.29 is 33.9 Å². The molecule has 0 bridgehead atoms. The lowest BCUT2D eigenvalue weighted by Crippen LogP contribution is -2.99. The Labute approximate surface area is 166 Å². The monoisotopic (exact) mass is 399 g/mol. The van der Waals surface area contributed by atoms with Crippen LogP contribution in [0.5, 0.6) is 0 Å². The second kappa shape index (κ2) is 7.06. The molecule has 0 aliphatic carbocycles. The van der Waals surface area contributed by atoms with Gasteiger partial charge in [0, 0.05) is 5.56 Å². The number of imide groups is 1. The fraction of sp³-hybridized carbons (Fsp3) is 0.286. The third-order valence-corrected chi connectivity index (χ3v) is 5.84. The number of fused-ring (bicyclic) bond motifs is 1. The van der Waals surface area contributed by atoms with E-state index in [4.69, 9.17) is 4.74 Å². The molecule has 2 fully saturated rings.